The summed E-state index contributed by atoms with van der Waals surface area (Å²) in [6.45, 7) is 5.06. The third kappa shape index (κ3) is 5.50. The Hall–Kier alpha value is -2.83. The van der Waals surface area contributed by atoms with E-state index in [4.69, 9.17) is 14.2 Å². The first-order chi connectivity index (χ1) is 15.7. The van der Waals surface area contributed by atoms with Gasteiger partial charge in [-0.1, -0.05) is 24.3 Å². The SMILES string of the molecule is CCOc1ccc(C2(CNC(=O)c3cccc(OCc4cccs4)c3)CCOCC2)cc1. The van der Waals surface area contributed by atoms with Crippen LogP contribution >= 0.6 is 11.3 Å². The molecule has 1 aliphatic heterocycles. The fourth-order valence-corrected chi connectivity index (χ4v) is 4.64. The van der Waals surface area contributed by atoms with Crippen molar-refractivity contribution in [3.8, 4) is 11.5 Å². The monoisotopic (exact) mass is 451 g/mol. The smallest absolute Gasteiger partial charge is 0.251 e. The van der Waals surface area contributed by atoms with Gasteiger partial charge in [-0.2, -0.15) is 0 Å². The quantitative estimate of drug-likeness (QED) is 0.486. The number of nitrogens with one attached hydrogen (secondary N) is 1. The highest BCUT2D eigenvalue weighted by Gasteiger charge is 2.35. The molecule has 0 unspecified atom stereocenters. The van der Waals surface area contributed by atoms with E-state index in [9.17, 15) is 4.79 Å². The van der Waals surface area contributed by atoms with Crippen LogP contribution in [-0.4, -0.2) is 32.3 Å². The lowest BCUT2D eigenvalue weighted by Crippen LogP contribution is -2.44. The zero-order valence-corrected chi connectivity index (χ0v) is 19.2. The zero-order chi connectivity index (χ0) is 22.2. The molecule has 3 aromatic rings. The third-order valence-electron chi connectivity index (χ3n) is 5.87. The molecule has 6 heteroatoms. The maximum absolute atomic E-state index is 13.0. The van der Waals surface area contributed by atoms with E-state index in [1.54, 1.807) is 17.4 Å². The van der Waals surface area contributed by atoms with Crippen molar-refractivity contribution in [1.29, 1.82) is 0 Å². The Balaban J connectivity index is 1.42. The Morgan fingerprint density at radius 2 is 1.84 bits per heavy atom. The van der Waals surface area contributed by atoms with Gasteiger partial charge in [-0.25, -0.2) is 0 Å². The van der Waals surface area contributed by atoms with Crippen LogP contribution in [0.4, 0.5) is 0 Å². The average Bonchev–Trinajstić information content (AvgIpc) is 3.36. The minimum atomic E-state index is -0.147. The molecular weight excluding hydrogens is 422 g/mol. The molecule has 0 radical (unpaired) electrons. The Morgan fingerprint density at radius 3 is 2.56 bits per heavy atom. The fraction of sp³-hybridized carbons (Fsp3) is 0.346. The van der Waals surface area contributed by atoms with E-state index in [0.29, 0.717) is 44.3 Å². The second-order valence-electron chi connectivity index (χ2n) is 7.93. The van der Waals surface area contributed by atoms with Crippen LogP contribution in [0.2, 0.25) is 0 Å². The number of carbonyl (C=O) groups is 1. The minimum Gasteiger partial charge on any atom is -0.494 e. The number of amides is 1. The van der Waals surface area contributed by atoms with Crippen molar-refractivity contribution < 1.29 is 19.0 Å². The first-order valence-electron chi connectivity index (χ1n) is 11.0. The molecule has 1 amide bonds. The maximum atomic E-state index is 13.0. The molecular formula is C26H29NO4S. The van der Waals surface area contributed by atoms with Gasteiger partial charge in [0.2, 0.25) is 0 Å². The lowest BCUT2D eigenvalue weighted by Gasteiger charge is -2.38. The topological polar surface area (TPSA) is 56.8 Å². The average molecular weight is 452 g/mol. The highest BCUT2D eigenvalue weighted by Crippen LogP contribution is 2.35. The molecule has 0 saturated carbocycles. The second-order valence-corrected chi connectivity index (χ2v) is 8.96. The van der Waals surface area contributed by atoms with E-state index in [2.05, 4.69) is 17.4 Å². The van der Waals surface area contributed by atoms with Crippen molar-refractivity contribution in [2.45, 2.75) is 31.8 Å². The van der Waals surface area contributed by atoms with Crippen LogP contribution in [0.5, 0.6) is 11.5 Å². The van der Waals surface area contributed by atoms with E-state index < -0.39 is 0 Å². The van der Waals surface area contributed by atoms with E-state index in [0.717, 1.165) is 23.5 Å². The summed E-state index contributed by atoms with van der Waals surface area (Å²) in [6.07, 6.45) is 1.73. The number of rotatable bonds is 9. The van der Waals surface area contributed by atoms with Gasteiger partial charge in [0, 0.05) is 35.6 Å². The van der Waals surface area contributed by atoms with Crippen molar-refractivity contribution in [3.05, 3.63) is 82.0 Å². The van der Waals surface area contributed by atoms with Crippen LogP contribution in [0, 0.1) is 0 Å². The highest BCUT2D eigenvalue weighted by molar-refractivity contribution is 7.09. The summed E-state index contributed by atoms with van der Waals surface area (Å²) in [6, 6.07) is 19.6. The summed E-state index contributed by atoms with van der Waals surface area (Å²) in [5.74, 6) is 1.46. The molecule has 1 saturated heterocycles. The summed E-state index contributed by atoms with van der Waals surface area (Å²) >= 11 is 1.66. The second kappa shape index (κ2) is 10.7. The van der Waals surface area contributed by atoms with Crippen molar-refractivity contribution >= 4 is 17.2 Å². The largest absolute Gasteiger partial charge is 0.494 e. The maximum Gasteiger partial charge on any atom is 0.251 e. The van der Waals surface area contributed by atoms with E-state index in [-0.39, 0.29) is 11.3 Å². The molecule has 1 fully saturated rings. The third-order valence-corrected chi connectivity index (χ3v) is 6.72. The van der Waals surface area contributed by atoms with Crippen LogP contribution in [-0.2, 0) is 16.8 Å². The van der Waals surface area contributed by atoms with Gasteiger partial charge in [-0.3, -0.25) is 4.79 Å². The van der Waals surface area contributed by atoms with E-state index in [1.165, 1.54) is 5.56 Å². The summed E-state index contributed by atoms with van der Waals surface area (Å²) in [5.41, 5.74) is 1.66. The lowest BCUT2D eigenvalue weighted by molar-refractivity contribution is 0.0487. The van der Waals surface area contributed by atoms with Crippen LogP contribution < -0.4 is 14.8 Å². The molecule has 5 nitrogen and oxygen atoms in total. The van der Waals surface area contributed by atoms with Gasteiger partial charge < -0.3 is 19.5 Å². The van der Waals surface area contributed by atoms with Gasteiger partial charge in [-0.15, -0.1) is 11.3 Å². The normalized spacial score (nSPS) is 15.2. The van der Waals surface area contributed by atoms with Gasteiger partial charge in [-0.05, 0) is 67.1 Å². The Labute approximate surface area is 193 Å². The first-order valence-corrected chi connectivity index (χ1v) is 11.9. The van der Waals surface area contributed by atoms with E-state index in [1.807, 2.05) is 54.8 Å². The number of carbonyl (C=O) groups excluding carboxylic acids is 1. The molecule has 168 valence electrons. The molecule has 2 heterocycles. The van der Waals surface area contributed by atoms with Gasteiger partial charge in [0.05, 0.1) is 6.61 Å². The Morgan fingerprint density at radius 1 is 1.03 bits per heavy atom. The molecule has 0 atom stereocenters. The summed E-state index contributed by atoms with van der Waals surface area (Å²) in [5, 5.41) is 5.19. The zero-order valence-electron chi connectivity index (χ0n) is 18.3. The lowest BCUT2D eigenvalue weighted by atomic mass is 9.74. The number of hydrogen-bond acceptors (Lipinski definition) is 5. The van der Waals surface area contributed by atoms with Crippen LogP contribution in [0.25, 0.3) is 0 Å². The Bertz CT molecular complexity index is 995. The number of thiophene rings is 1. The number of benzene rings is 2. The predicted molar refractivity (Wildman–Crippen MR) is 127 cm³/mol. The molecule has 1 N–H and O–H groups in total. The standard InChI is InChI=1S/C26H29NO4S/c1-2-30-22-10-8-21(9-11-22)26(12-14-29-15-13-26)19-27-25(28)20-5-3-6-23(17-20)31-18-24-7-4-16-32-24/h3-11,16-17H,2,12-15,18-19H2,1H3,(H,27,28). The predicted octanol–water partition coefficient (Wildman–Crippen LogP) is 5.20. The summed E-state index contributed by atoms with van der Waals surface area (Å²) < 4.78 is 17.1. The minimum absolute atomic E-state index is 0.0941. The van der Waals surface area contributed by atoms with Crippen molar-refractivity contribution in [2.24, 2.45) is 0 Å². The van der Waals surface area contributed by atoms with Crippen LogP contribution in [0.1, 0.15) is 40.6 Å². The molecule has 1 aromatic heterocycles. The van der Waals surface area contributed by atoms with Gasteiger partial charge in [0.15, 0.2) is 0 Å². The fourth-order valence-electron chi connectivity index (χ4n) is 4.03. The van der Waals surface area contributed by atoms with Gasteiger partial charge in [0.1, 0.15) is 18.1 Å². The molecule has 1 aliphatic rings. The molecule has 0 bridgehead atoms. The van der Waals surface area contributed by atoms with Gasteiger partial charge >= 0.3 is 0 Å². The Kier molecular flexibility index (Phi) is 7.45. The summed E-state index contributed by atoms with van der Waals surface area (Å²) in [4.78, 5) is 14.1. The molecule has 32 heavy (non-hydrogen) atoms. The van der Waals surface area contributed by atoms with Crippen molar-refractivity contribution in [2.75, 3.05) is 26.4 Å². The molecule has 4 rings (SSSR count). The van der Waals surface area contributed by atoms with Crippen LogP contribution in [0.3, 0.4) is 0 Å². The molecule has 0 aliphatic carbocycles. The number of ether oxygens (including phenoxy) is 3. The van der Waals surface area contributed by atoms with Crippen LogP contribution in [0.15, 0.2) is 66.0 Å². The molecule has 2 aromatic carbocycles. The van der Waals surface area contributed by atoms with Crippen molar-refractivity contribution in [1.82, 2.24) is 5.32 Å². The first kappa shape index (κ1) is 22.4. The highest BCUT2D eigenvalue weighted by atomic mass is 32.1. The van der Waals surface area contributed by atoms with Crippen molar-refractivity contribution in [3.63, 3.8) is 0 Å². The van der Waals surface area contributed by atoms with E-state index >= 15 is 0 Å². The van der Waals surface area contributed by atoms with Gasteiger partial charge in [0.25, 0.3) is 5.91 Å². The summed E-state index contributed by atoms with van der Waals surface area (Å²) in [7, 11) is 0. The number of hydrogen-bond donors (Lipinski definition) is 1. The molecule has 0 spiro atoms.